The van der Waals surface area contributed by atoms with Crippen LogP contribution in [0.4, 0.5) is 0 Å². The molecule has 1 fully saturated rings. The van der Waals surface area contributed by atoms with Crippen molar-refractivity contribution in [3.63, 3.8) is 0 Å². The van der Waals surface area contributed by atoms with Crippen LogP contribution < -0.4 is 16.6 Å². The Morgan fingerprint density at radius 1 is 1.28 bits per heavy atom. The van der Waals surface area contributed by atoms with Crippen molar-refractivity contribution in [3.8, 4) is 0 Å². The molecule has 0 spiro atoms. The van der Waals surface area contributed by atoms with E-state index in [1.807, 2.05) is 39.0 Å². The number of amides is 1. The number of aryl methyl sites for hydroxylation is 3. The van der Waals surface area contributed by atoms with Crippen molar-refractivity contribution in [1.29, 1.82) is 0 Å². The molecule has 2 aromatic rings. The van der Waals surface area contributed by atoms with Gasteiger partial charge in [0, 0.05) is 24.7 Å². The fourth-order valence-corrected chi connectivity index (χ4v) is 3.70. The van der Waals surface area contributed by atoms with Gasteiger partial charge in [0.05, 0.1) is 12.5 Å². The molecular weight excluding hydrogens is 374 g/mol. The van der Waals surface area contributed by atoms with E-state index in [2.05, 4.69) is 10.3 Å². The Morgan fingerprint density at radius 3 is 2.62 bits per heavy atom. The van der Waals surface area contributed by atoms with E-state index in [9.17, 15) is 19.5 Å². The van der Waals surface area contributed by atoms with E-state index in [0.29, 0.717) is 12.0 Å². The number of carbonyl (C=O) groups is 1. The number of carbonyl (C=O) groups excluding carboxylic acids is 1. The zero-order chi connectivity index (χ0) is 21.1. The van der Waals surface area contributed by atoms with Gasteiger partial charge in [-0.1, -0.05) is 36.2 Å². The Kier molecular flexibility index (Phi) is 6.34. The molecule has 0 saturated carbocycles. The van der Waals surface area contributed by atoms with Crippen molar-refractivity contribution in [3.05, 3.63) is 67.5 Å². The van der Waals surface area contributed by atoms with Gasteiger partial charge < -0.3 is 15.2 Å². The topological polar surface area (TPSA) is 113 Å². The number of nitrogens with zero attached hydrogens (tertiary/aromatic N) is 1. The molecule has 8 nitrogen and oxygen atoms in total. The maximum atomic E-state index is 12.3. The minimum absolute atomic E-state index is 0.139. The van der Waals surface area contributed by atoms with Gasteiger partial charge in [-0.15, -0.1) is 0 Å². The summed E-state index contributed by atoms with van der Waals surface area (Å²) in [6.45, 7) is 5.93. The van der Waals surface area contributed by atoms with Crippen molar-refractivity contribution < 1.29 is 14.6 Å². The lowest BCUT2D eigenvalue weighted by molar-refractivity contribution is -0.121. The number of hydrogen-bond acceptors (Lipinski definition) is 5. The van der Waals surface area contributed by atoms with Gasteiger partial charge in [-0.3, -0.25) is 19.1 Å². The molecule has 1 amide bonds. The molecule has 29 heavy (non-hydrogen) atoms. The smallest absolute Gasteiger partial charge is 0.330 e. The summed E-state index contributed by atoms with van der Waals surface area (Å²) >= 11 is 0. The highest BCUT2D eigenvalue weighted by atomic mass is 16.5. The molecule has 0 bridgehead atoms. The van der Waals surface area contributed by atoms with E-state index in [1.165, 1.54) is 10.8 Å². The summed E-state index contributed by atoms with van der Waals surface area (Å²) in [4.78, 5) is 38.4. The van der Waals surface area contributed by atoms with Crippen molar-refractivity contribution in [2.24, 2.45) is 0 Å². The monoisotopic (exact) mass is 401 g/mol. The first-order valence-corrected chi connectivity index (χ1v) is 9.78. The molecule has 1 aromatic heterocycles. The Hall–Kier alpha value is -2.71. The lowest BCUT2D eigenvalue weighted by atomic mass is 10.0. The number of nitrogens with one attached hydrogen (secondary N) is 2. The summed E-state index contributed by atoms with van der Waals surface area (Å²) in [6.07, 6.45) is 0.238. The number of benzene rings is 1. The molecule has 0 aliphatic carbocycles. The molecule has 3 rings (SSSR count). The molecule has 1 aromatic carbocycles. The molecule has 0 radical (unpaired) electrons. The third kappa shape index (κ3) is 5.02. The van der Waals surface area contributed by atoms with Crippen LogP contribution in [0.15, 0.2) is 34.0 Å². The van der Waals surface area contributed by atoms with E-state index in [4.69, 9.17) is 4.74 Å². The minimum atomic E-state index is -0.828. The Balaban J connectivity index is 1.61. The van der Waals surface area contributed by atoms with Crippen LogP contribution in [0.3, 0.4) is 0 Å². The lowest BCUT2D eigenvalue weighted by Gasteiger charge is -2.17. The van der Waals surface area contributed by atoms with Crippen molar-refractivity contribution >= 4 is 5.91 Å². The largest absolute Gasteiger partial charge is 0.390 e. The van der Waals surface area contributed by atoms with Crippen LogP contribution in [0, 0.1) is 13.8 Å². The number of aromatic amines is 1. The first kappa shape index (κ1) is 21.0. The van der Waals surface area contributed by atoms with E-state index >= 15 is 0 Å². The SMILES string of the molecule is CCc1cn([C@H]2C[C@H](O)[C@@H](CNC(=O)Cc3cc(C)cc(C)c3)O2)c(=O)[nH]c1=O. The van der Waals surface area contributed by atoms with E-state index in [-0.39, 0.29) is 25.3 Å². The molecule has 2 heterocycles. The predicted octanol–water partition coefficient (Wildman–Crippen LogP) is 0.723. The lowest BCUT2D eigenvalue weighted by Crippen LogP contribution is -2.38. The van der Waals surface area contributed by atoms with Gasteiger partial charge in [0.2, 0.25) is 5.91 Å². The maximum Gasteiger partial charge on any atom is 0.330 e. The highest BCUT2D eigenvalue weighted by Crippen LogP contribution is 2.27. The highest BCUT2D eigenvalue weighted by Gasteiger charge is 2.35. The fraction of sp³-hybridized carbons (Fsp3) is 0.476. The molecule has 1 aliphatic rings. The number of H-pyrrole nitrogens is 1. The van der Waals surface area contributed by atoms with Gasteiger partial charge in [0.1, 0.15) is 12.3 Å². The number of aliphatic hydroxyl groups is 1. The second-order valence-corrected chi connectivity index (χ2v) is 7.58. The summed E-state index contributed by atoms with van der Waals surface area (Å²) in [6, 6.07) is 5.99. The molecule has 1 aliphatic heterocycles. The van der Waals surface area contributed by atoms with Gasteiger partial charge in [-0.05, 0) is 25.8 Å². The molecule has 3 N–H and O–H groups in total. The average molecular weight is 401 g/mol. The van der Waals surface area contributed by atoms with Gasteiger partial charge in [-0.2, -0.15) is 0 Å². The second-order valence-electron chi connectivity index (χ2n) is 7.58. The second kappa shape index (κ2) is 8.75. The van der Waals surface area contributed by atoms with E-state index < -0.39 is 29.7 Å². The normalized spacial score (nSPS) is 21.3. The molecule has 3 atom stereocenters. The third-order valence-corrected chi connectivity index (χ3v) is 5.08. The van der Waals surface area contributed by atoms with Crippen LogP contribution in [0.1, 0.15) is 41.8 Å². The van der Waals surface area contributed by atoms with Crippen molar-refractivity contribution in [2.45, 2.75) is 58.5 Å². The minimum Gasteiger partial charge on any atom is -0.390 e. The van der Waals surface area contributed by atoms with Gasteiger partial charge in [-0.25, -0.2) is 4.79 Å². The highest BCUT2D eigenvalue weighted by molar-refractivity contribution is 5.78. The van der Waals surface area contributed by atoms with E-state index in [1.54, 1.807) is 0 Å². The Morgan fingerprint density at radius 2 is 1.97 bits per heavy atom. The van der Waals surface area contributed by atoms with Gasteiger partial charge >= 0.3 is 5.69 Å². The number of aromatic nitrogens is 2. The third-order valence-electron chi connectivity index (χ3n) is 5.08. The molecule has 8 heteroatoms. The Bertz CT molecular complexity index is 990. The zero-order valence-corrected chi connectivity index (χ0v) is 16.9. The van der Waals surface area contributed by atoms with Crippen LogP contribution in [-0.2, 0) is 22.4 Å². The summed E-state index contributed by atoms with van der Waals surface area (Å²) in [7, 11) is 0. The fourth-order valence-electron chi connectivity index (χ4n) is 3.70. The van der Waals surface area contributed by atoms with Gasteiger partial charge in [0.25, 0.3) is 5.56 Å². The first-order chi connectivity index (χ1) is 13.8. The van der Waals surface area contributed by atoms with E-state index in [0.717, 1.165) is 16.7 Å². The van der Waals surface area contributed by atoms with Gasteiger partial charge in [0.15, 0.2) is 0 Å². The predicted molar refractivity (Wildman–Crippen MR) is 108 cm³/mol. The van der Waals surface area contributed by atoms with Crippen LogP contribution in [0.25, 0.3) is 0 Å². The number of hydrogen-bond donors (Lipinski definition) is 3. The quantitative estimate of drug-likeness (QED) is 0.660. The average Bonchev–Trinajstić information content (AvgIpc) is 2.99. The van der Waals surface area contributed by atoms with Crippen LogP contribution >= 0.6 is 0 Å². The van der Waals surface area contributed by atoms with Crippen molar-refractivity contribution in [1.82, 2.24) is 14.9 Å². The summed E-state index contributed by atoms with van der Waals surface area (Å²) < 4.78 is 7.09. The van der Waals surface area contributed by atoms with Crippen LogP contribution in [0.2, 0.25) is 0 Å². The van der Waals surface area contributed by atoms with Crippen LogP contribution in [-0.4, -0.2) is 39.3 Å². The molecule has 0 unspecified atom stereocenters. The van der Waals surface area contributed by atoms with Crippen LogP contribution in [0.5, 0.6) is 0 Å². The maximum absolute atomic E-state index is 12.3. The molecule has 1 saturated heterocycles. The Labute approximate surface area is 168 Å². The summed E-state index contributed by atoms with van der Waals surface area (Å²) in [5.74, 6) is -0.163. The molecular formula is C21H27N3O5. The number of rotatable bonds is 6. The standard InChI is InChI=1S/C21H27N3O5/c1-4-15-11-24(21(28)23-20(15)27)19-9-16(25)17(29-19)10-22-18(26)8-14-6-12(2)5-13(3)7-14/h5-7,11,16-17,19,25H,4,8-10H2,1-3H3,(H,22,26)(H,23,27,28)/t16-,17+,19+/m0/s1. The zero-order valence-electron chi connectivity index (χ0n) is 16.9. The molecule has 156 valence electrons. The van der Waals surface area contributed by atoms with Crippen molar-refractivity contribution in [2.75, 3.05) is 6.54 Å². The summed E-state index contributed by atoms with van der Waals surface area (Å²) in [5, 5.41) is 13.1. The summed E-state index contributed by atoms with van der Waals surface area (Å²) in [5.41, 5.74) is 2.60. The first-order valence-electron chi connectivity index (χ1n) is 9.78. The number of aliphatic hydroxyl groups excluding tert-OH is 1. The number of ether oxygens (including phenoxy) is 1.